The molecule has 0 amide bonds. The standard InChI is InChI=1S/C12H11N2S/c1-3-9(4-1)10-5-2-6-11(14-10)12-13-7-8-15-12/h2,5-7,9H,1,3-4H2. The molecule has 1 aliphatic carbocycles. The van der Waals surface area contributed by atoms with Gasteiger partial charge < -0.3 is 0 Å². The molecule has 0 aliphatic heterocycles. The van der Waals surface area contributed by atoms with Crippen LogP contribution in [0.3, 0.4) is 0 Å². The van der Waals surface area contributed by atoms with E-state index in [1.807, 2.05) is 6.07 Å². The van der Waals surface area contributed by atoms with Gasteiger partial charge in [-0.25, -0.2) is 4.98 Å². The molecule has 0 N–H and O–H groups in total. The summed E-state index contributed by atoms with van der Waals surface area (Å²) in [4.78, 5) is 8.90. The van der Waals surface area contributed by atoms with Gasteiger partial charge in [0.2, 0.25) is 0 Å². The quantitative estimate of drug-likeness (QED) is 0.768. The lowest BCUT2D eigenvalue weighted by Crippen LogP contribution is -2.10. The van der Waals surface area contributed by atoms with Crippen molar-refractivity contribution < 1.29 is 0 Å². The van der Waals surface area contributed by atoms with Crippen LogP contribution in [0.4, 0.5) is 0 Å². The van der Waals surface area contributed by atoms with Crippen LogP contribution in [0.5, 0.6) is 0 Å². The lowest BCUT2D eigenvalue weighted by atomic mass is 9.82. The van der Waals surface area contributed by atoms with Crippen molar-refractivity contribution >= 4 is 11.3 Å². The number of pyridine rings is 1. The molecule has 1 aliphatic rings. The fourth-order valence-electron chi connectivity index (χ4n) is 1.81. The second kappa shape index (κ2) is 3.74. The first kappa shape index (κ1) is 9.04. The summed E-state index contributed by atoms with van der Waals surface area (Å²) in [6.07, 6.45) is 5.64. The second-order valence-electron chi connectivity index (χ2n) is 3.86. The molecule has 2 aromatic heterocycles. The van der Waals surface area contributed by atoms with Crippen molar-refractivity contribution in [2.75, 3.05) is 0 Å². The van der Waals surface area contributed by atoms with Crippen LogP contribution in [-0.4, -0.2) is 9.97 Å². The number of hydrogen-bond acceptors (Lipinski definition) is 3. The van der Waals surface area contributed by atoms with Crippen LogP contribution in [0.1, 0.15) is 30.9 Å². The fraction of sp³-hybridized carbons (Fsp3) is 0.333. The predicted molar refractivity (Wildman–Crippen MR) is 60.8 cm³/mol. The van der Waals surface area contributed by atoms with Crippen molar-refractivity contribution in [1.29, 1.82) is 0 Å². The van der Waals surface area contributed by atoms with Crippen LogP contribution in [-0.2, 0) is 0 Å². The number of rotatable bonds is 2. The third-order valence-corrected chi connectivity index (χ3v) is 3.63. The van der Waals surface area contributed by atoms with E-state index in [1.54, 1.807) is 6.20 Å². The molecule has 0 spiro atoms. The average Bonchev–Trinajstić information content (AvgIpc) is 2.68. The molecule has 2 heterocycles. The van der Waals surface area contributed by atoms with Crippen LogP contribution in [0, 0.1) is 5.38 Å². The molecule has 0 saturated heterocycles. The minimum Gasteiger partial charge on any atom is -0.250 e. The molecule has 0 unspecified atom stereocenters. The fourth-order valence-corrected chi connectivity index (χ4v) is 2.35. The van der Waals surface area contributed by atoms with E-state index in [4.69, 9.17) is 0 Å². The highest BCUT2D eigenvalue weighted by atomic mass is 32.1. The molecule has 2 aromatic rings. The van der Waals surface area contributed by atoms with Gasteiger partial charge in [-0.15, -0.1) is 11.3 Å². The summed E-state index contributed by atoms with van der Waals surface area (Å²) >= 11 is 1.52. The van der Waals surface area contributed by atoms with Gasteiger partial charge in [0, 0.05) is 17.8 Å². The molecule has 15 heavy (non-hydrogen) atoms. The van der Waals surface area contributed by atoms with E-state index in [0.717, 1.165) is 10.7 Å². The van der Waals surface area contributed by atoms with Gasteiger partial charge >= 0.3 is 0 Å². The molecule has 3 heteroatoms. The molecule has 1 fully saturated rings. The smallest absolute Gasteiger partial charge is 0.142 e. The maximum absolute atomic E-state index is 4.67. The Balaban J connectivity index is 1.95. The zero-order valence-corrected chi connectivity index (χ0v) is 9.13. The molecule has 0 aromatic carbocycles. The van der Waals surface area contributed by atoms with Gasteiger partial charge in [-0.1, -0.05) is 12.5 Å². The van der Waals surface area contributed by atoms with Gasteiger partial charge in [0.25, 0.3) is 0 Å². The largest absolute Gasteiger partial charge is 0.250 e. The summed E-state index contributed by atoms with van der Waals surface area (Å²) in [6, 6.07) is 6.23. The van der Waals surface area contributed by atoms with E-state index in [0.29, 0.717) is 5.92 Å². The van der Waals surface area contributed by atoms with Crippen LogP contribution >= 0.6 is 11.3 Å². The number of hydrogen-bond donors (Lipinski definition) is 0. The predicted octanol–water partition coefficient (Wildman–Crippen LogP) is 3.27. The maximum Gasteiger partial charge on any atom is 0.142 e. The summed E-state index contributed by atoms with van der Waals surface area (Å²) < 4.78 is 0. The highest BCUT2D eigenvalue weighted by molar-refractivity contribution is 7.12. The zero-order valence-electron chi connectivity index (χ0n) is 8.31. The summed E-state index contributed by atoms with van der Waals surface area (Å²) in [5.41, 5.74) is 2.22. The Morgan fingerprint density at radius 3 is 2.93 bits per heavy atom. The Hall–Kier alpha value is -1.22. The van der Waals surface area contributed by atoms with Crippen molar-refractivity contribution in [2.24, 2.45) is 0 Å². The molecular formula is C12H11N2S. The Labute approximate surface area is 93.0 Å². The third-order valence-electron chi connectivity index (χ3n) is 2.90. The molecule has 0 bridgehead atoms. The summed E-state index contributed by atoms with van der Waals surface area (Å²) in [5.74, 6) is 0.689. The van der Waals surface area contributed by atoms with Crippen LogP contribution in [0.25, 0.3) is 10.7 Å². The first-order valence-corrected chi connectivity index (χ1v) is 6.04. The van der Waals surface area contributed by atoms with Crippen LogP contribution in [0.2, 0.25) is 0 Å². The molecule has 0 atom stereocenters. The zero-order chi connectivity index (χ0) is 10.1. The van der Waals surface area contributed by atoms with Crippen molar-refractivity contribution in [2.45, 2.75) is 25.2 Å². The Morgan fingerprint density at radius 2 is 2.27 bits per heavy atom. The van der Waals surface area contributed by atoms with E-state index in [2.05, 4.69) is 27.5 Å². The van der Waals surface area contributed by atoms with Crippen LogP contribution < -0.4 is 0 Å². The number of thiazole rings is 1. The summed E-state index contributed by atoms with van der Waals surface area (Å²) in [7, 11) is 0. The first-order chi connectivity index (χ1) is 7.43. The average molecular weight is 215 g/mol. The number of aromatic nitrogens is 2. The lowest BCUT2D eigenvalue weighted by Gasteiger charge is -2.24. The van der Waals surface area contributed by atoms with E-state index in [-0.39, 0.29) is 0 Å². The van der Waals surface area contributed by atoms with Gasteiger partial charge in [0.1, 0.15) is 5.01 Å². The van der Waals surface area contributed by atoms with E-state index in [9.17, 15) is 0 Å². The highest BCUT2D eigenvalue weighted by Crippen LogP contribution is 2.35. The minimum absolute atomic E-state index is 0.689. The molecule has 3 rings (SSSR count). The molecule has 1 radical (unpaired) electrons. The van der Waals surface area contributed by atoms with Crippen LogP contribution in [0.15, 0.2) is 24.4 Å². The van der Waals surface area contributed by atoms with E-state index >= 15 is 0 Å². The van der Waals surface area contributed by atoms with Crippen molar-refractivity contribution in [1.82, 2.24) is 9.97 Å². The van der Waals surface area contributed by atoms with Gasteiger partial charge in [0.15, 0.2) is 0 Å². The molecular weight excluding hydrogens is 204 g/mol. The summed E-state index contributed by atoms with van der Waals surface area (Å²) in [5, 5.41) is 3.96. The van der Waals surface area contributed by atoms with E-state index < -0.39 is 0 Å². The molecule has 2 nitrogen and oxygen atoms in total. The first-order valence-electron chi connectivity index (χ1n) is 5.23. The monoisotopic (exact) mass is 215 g/mol. The van der Waals surface area contributed by atoms with Gasteiger partial charge in [0.05, 0.1) is 11.1 Å². The highest BCUT2D eigenvalue weighted by Gasteiger charge is 2.21. The Kier molecular flexibility index (Phi) is 2.25. The summed E-state index contributed by atoms with van der Waals surface area (Å²) in [6.45, 7) is 0. The second-order valence-corrected chi connectivity index (χ2v) is 4.69. The Morgan fingerprint density at radius 1 is 1.33 bits per heavy atom. The third kappa shape index (κ3) is 1.67. The topological polar surface area (TPSA) is 25.8 Å². The number of nitrogens with zero attached hydrogens (tertiary/aromatic N) is 2. The maximum atomic E-state index is 4.67. The SMILES string of the molecule is [c]1cnc(-c2cccc(C3CCC3)n2)s1. The van der Waals surface area contributed by atoms with Crippen molar-refractivity contribution in [3.05, 3.63) is 35.5 Å². The molecule has 1 saturated carbocycles. The van der Waals surface area contributed by atoms with Crippen molar-refractivity contribution in [3.8, 4) is 10.7 Å². The van der Waals surface area contributed by atoms with E-state index in [1.165, 1.54) is 36.3 Å². The normalized spacial score (nSPS) is 16.3. The van der Waals surface area contributed by atoms with Crippen molar-refractivity contribution in [3.63, 3.8) is 0 Å². The Bertz CT molecular complexity index is 446. The van der Waals surface area contributed by atoms with Gasteiger partial charge in [-0.2, -0.15) is 0 Å². The molecule has 75 valence electrons. The van der Waals surface area contributed by atoms with Gasteiger partial charge in [-0.3, -0.25) is 4.98 Å². The van der Waals surface area contributed by atoms with Gasteiger partial charge in [-0.05, 0) is 25.0 Å². The lowest BCUT2D eigenvalue weighted by molar-refractivity contribution is 0.411. The minimum atomic E-state index is 0.689.